The van der Waals surface area contributed by atoms with E-state index in [4.69, 9.17) is 0 Å². The Morgan fingerprint density at radius 3 is 2.74 bits per heavy atom. The predicted octanol–water partition coefficient (Wildman–Crippen LogP) is 2.82. The van der Waals surface area contributed by atoms with Crippen molar-refractivity contribution >= 4 is 17.2 Å². The Hall–Kier alpha value is -2.44. The van der Waals surface area contributed by atoms with Gasteiger partial charge in [-0.15, -0.1) is 0 Å². The number of hydrogen-bond acceptors (Lipinski definition) is 5. The summed E-state index contributed by atoms with van der Waals surface area (Å²) in [7, 11) is 0. The molecule has 0 aliphatic rings. The minimum atomic E-state index is -0.417. The van der Waals surface area contributed by atoms with E-state index in [0.717, 1.165) is 5.69 Å². The fourth-order valence-electron chi connectivity index (χ4n) is 1.61. The molecule has 100 valence electrons. The molecule has 0 aliphatic heterocycles. The van der Waals surface area contributed by atoms with Gasteiger partial charge in [-0.05, 0) is 20.8 Å². The molecule has 0 fully saturated rings. The molecule has 0 amide bonds. The Morgan fingerprint density at radius 2 is 2.16 bits per heavy atom. The normalized spacial score (nSPS) is 10.7. The number of nitrogens with zero attached hydrogens (tertiary/aromatic N) is 4. The first-order valence-corrected chi connectivity index (χ1v) is 5.89. The van der Waals surface area contributed by atoms with Crippen LogP contribution in [0.15, 0.2) is 24.7 Å². The average molecular weight is 261 g/mol. The van der Waals surface area contributed by atoms with E-state index < -0.39 is 4.92 Å². The molecule has 0 saturated heterocycles. The van der Waals surface area contributed by atoms with Crippen molar-refractivity contribution in [1.29, 1.82) is 0 Å². The molecule has 1 N–H and O–H groups in total. The zero-order valence-electron chi connectivity index (χ0n) is 11.0. The molecule has 0 saturated carbocycles. The molecule has 0 aliphatic carbocycles. The SMILES string of the molecule is Cc1cnc(Nc2cnn(C(C)C)c2)cc1[N+](=O)[O-]. The second-order valence-corrected chi connectivity index (χ2v) is 4.54. The fraction of sp³-hybridized carbons (Fsp3) is 0.333. The van der Waals surface area contributed by atoms with E-state index in [1.165, 1.54) is 12.3 Å². The molecule has 2 aromatic rings. The van der Waals surface area contributed by atoms with Gasteiger partial charge in [0.15, 0.2) is 0 Å². The zero-order chi connectivity index (χ0) is 14.0. The molecule has 2 aromatic heterocycles. The summed E-state index contributed by atoms with van der Waals surface area (Å²) in [5.74, 6) is 0.431. The number of anilines is 2. The smallest absolute Gasteiger partial charge is 0.277 e. The first-order chi connectivity index (χ1) is 8.97. The van der Waals surface area contributed by atoms with E-state index in [9.17, 15) is 10.1 Å². The molecular formula is C12H15N5O2. The maximum Gasteiger partial charge on any atom is 0.277 e. The largest absolute Gasteiger partial charge is 0.337 e. The molecule has 7 nitrogen and oxygen atoms in total. The van der Waals surface area contributed by atoms with Gasteiger partial charge in [-0.25, -0.2) is 4.98 Å². The Kier molecular flexibility index (Phi) is 3.46. The summed E-state index contributed by atoms with van der Waals surface area (Å²) < 4.78 is 1.80. The molecular weight excluding hydrogens is 246 g/mol. The minimum absolute atomic E-state index is 0.0498. The van der Waals surface area contributed by atoms with Crippen molar-refractivity contribution in [3.05, 3.63) is 40.3 Å². The molecule has 7 heteroatoms. The Balaban J connectivity index is 2.23. The van der Waals surface area contributed by atoms with Gasteiger partial charge in [0.05, 0.1) is 22.9 Å². The summed E-state index contributed by atoms with van der Waals surface area (Å²) in [6.45, 7) is 5.70. The second-order valence-electron chi connectivity index (χ2n) is 4.54. The van der Waals surface area contributed by atoms with Crippen molar-refractivity contribution in [3.63, 3.8) is 0 Å². The van der Waals surface area contributed by atoms with E-state index in [0.29, 0.717) is 11.4 Å². The van der Waals surface area contributed by atoms with Crippen LogP contribution in [0, 0.1) is 17.0 Å². The summed E-state index contributed by atoms with van der Waals surface area (Å²) in [4.78, 5) is 14.6. The van der Waals surface area contributed by atoms with Crippen LogP contribution in [-0.4, -0.2) is 19.7 Å². The molecule has 0 bridgehead atoms. The summed E-state index contributed by atoms with van der Waals surface area (Å²) in [5, 5.41) is 18.0. The van der Waals surface area contributed by atoms with E-state index in [-0.39, 0.29) is 11.7 Å². The van der Waals surface area contributed by atoms with Crippen LogP contribution in [0.1, 0.15) is 25.5 Å². The third-order valence-electron chi connectivity index (χ3n) is 2.67. The number of nitro groups is 1. The number of nitrogens with one attached hydrogen (secondary N) is 1. The first-order valence-electron chi connectivity index (χ1n) is 5.89. The Bertz CT molecular complexity index is 606. The van der Waals surface area contributed by atoms with Gasteiger partial charge in [0.2, 0.25) is 0 Å². The number of hydrogen-bond donors (Lipinski definition) is 1. The monoisotopic (exact) mass is 261 g/mol. The quantitative estimate of drug-likeness (QED) is 0.675. The van der Waals surface area contributed by atoms with Gasteiger partial charge >= 0.3 is 0 Å². The lowest BCUT2D eigenvalue weighted by Crippen LogP contribution is -2.00. The van der Waals surface area contributed by atoms with Crippen LogP contribution in [0.4, 0.5) is 17.2 Å². The number of aryl methyl sites for hydroxylation is 1. The number of aromatic nitrogens is 3. The van der Waals surface area contributed by atoms with Crippen molar-refractivity contribution < 1.29 is 4.92 Å². The van der Waals surface area contributed by atoms with Crippen LogP contribution in [0.25, 0.3) is 0 Å². The highest BCUT2D eigenvalue weighted by atomic mass is 16.6. The standard InChI is InChI=1S/C12H15N5O2/c1-8(2)16-7-10(6-14-16)15-12-4-11(17(18)19)9(3)5-13-12/h4-8H,1-3H3,(H,13,15). The summed E-state index contributed by atoms with van der Waals surface area (Å²) in [6.07, 6.45) is 4.97. The molecule has 2 heterocycles. The van der Waals surface area contributed by atoms with Crippen molar-refractivity contribution in [2.75, 3.05) is 5.32 Å². The molecule has 19 heavy (non-hydrogen) atoms. The zero-order valence-corrected chi connectivity index (χ0v) is 11.0. The van der Waals surface area contributed by atoms with Crippen LogP contribution in [0.5, 0.6) is 0 Å². The number of rotatable bonds is 4. The van der Waals surface area contributed by atoms with E-state index in [2.05, 4.69) is 15.4 Å². The van der Waals surface area contributed by atoms with E-state index in [1.54, 1.807) is 17.8 Å². The van der Waals surface area contributed by atoms with Gasteiger partial charge in [0, 0.05) is 24.0 Å². The van der Waals surface area contributed by atoms with Crippen LogP contribution >= 0.6 is 0 Å². The maximum absolute atomic E-state index is 10.9. The minimum Gasteiger partial charge on any atom is -0.337 e. The van der Waals surface area contributed by atoms with Crippen LogP contribution < -0.4 is 5.32 Å². The van der Waals surface area contributed by atoms with Crippen LogP contribution in [0.2, 0.25) is 0 Å². The van der Waals surface area contributed by atoms with Gasteiger partial charge < -0.3 is 5.32 Å². The molecule has 0 radical (unpaired) electrons. The lowest BCUT2D eigenvalue weighted by molar-refractivity contribution is -0.385. The molecule has 0 spiro atoms. The Morgan fingerprint density at radius 1 is 1.42 bits per heavy atom. The van der Waals surface area contributed by atoms with Crippen molar-refractivity contribution in [1.82, 2.24) is 14.8 Å². The fourth-order valence-corrected chi connectivity index (χ4v) is 1.61. The van der Waals surface area contributed by atoms with Gasteiger partial charge in [0.25, 0.3) is 5.69 Å². The Labute approximate surface area is 110 Å². The van der Waals surface area contributed by atoms with Crippen LogP contribution in [-0.2, 0) is 0 Å². The molecule has 2 rings (SSSR count). The van der Waals surface area contributed by atoms with E-state index in [1.807, 2.05) is 20.0 Å². The summed E-state index contributed by atoms with van der Waals surface area (Å²) in [6, 6.07) is 1.68. The van der Waals surface area contributed by atoms with Gasteiger partial charge in [0.1, 0.15) is 5.82 Å². The third kappa shape index (κ3) is 2.87. The van der Waals surface area contributed by atoms with Crippen molar-refractivity contribution in [2.24, 2.45) is 0 Å². The molecule has 0 unspecified atom stereocenters. The second kappa shape index (κ2) is 5.05. The van der Waals surface area contributed by atoms with Gasteiger partial charge in [-0.1, -0.05) is 0 Å². The first kappa shape index (κ1) is 13.0. The molecule has 0 atom stereocenters. The average Bonchev–Trinajstić information content (AvgIpc) is 2.80. The maximum atomic E-state index is 10.9. The van der Waals surface area contributed by atoms with Crippen molar-refractivity contribution in [3.8, 4) is 0 Å². The van der Waals surface area contributed by atoms with Crippen LogP contribution in [0.3, 0.4) is 0 Å². The van der Waals surface area contributed by atoms with Gasteiger partial charge in [-0.3, -0.25) is 14.8 Å². The topological polar surface area (TPSA) is 85.9 Å². The number of pyridine rings is 1. The lowest BCUT2D eigenvalue weighted by atomic mass is 10.2. The van der Waals surface area contributed by atoms with Crippen molar-refractivity contribution in [2.45, 2.75) is 26.8 Å². The van der Waals surface area contributed by atoms with Gasteiger partial charge in [-0.2, -0.15) is 5.10 Å². The van der Waals surface area contributed by atoms with E-state index >= 15 is 0 Å². The highest BCUT2D eigenvalue weighted by Crippen LogP contribution is 2.22. The lowest BCUT2D eigenvalue weighted by Gasteiger charge is -2.05. The summed E-state index contributed by atoms with van der Waals surface area (Å²) >= 11 is 0. The predicted molar refractivity (Wildman–Crippen MR) is 71.5 cm³/mol. The summed E-state index contributed by atoms with van der Waals surface area (Å²) in [5.41, 5.74) is 1.33. The highest BCUT2D eigenvalue weighted by molar-refractivity contribution is 5.58. The molecule has 0 aromatic carbocycles. The third-order valence-corrected chi connectivity index (χ3v) is 2.67. The highest BCUT2D eigenvalue weighted by Gasteiger charge is 2.12.